The van der Waals surface area contributed by atoms with Crippen LogP contribution in [-0.4, -0.2) is 20.9 Å². The molecule has 1 heterocycles. The SMILES string of the molecule is CCC(C)Nc1ncnc(Nc2cccc(C(F)(F)F)c2)c1[N+](=O)[O-]. The predicted octanol–water partition coefficient (Wildman–Crippen LogP) is 4.36. The van der Waals surface area contributed by atoms with Crippen molar-refractivity contribution in [3.05, 3.63) is 46.3 Å². The van der Waals surface area contributed by atoms with E-state index < -0.39 is 22.4 Å². The molecule has 25 heavy (non-hydrogen) atoms. The molecule has 0 aliphatic rings. The van der Waals surface area contributed by atoms with Crippen molar-refractivity contribution >= 4 is 23.0 Å². The molecular formula is C15H16F3N5O2. The summed E-state index contributed by atoms with van der Waals surface area (Å²) < 4.78 is 38.4. The monoisotopic (exact) mass is 355 g/mol. The van der Waals surface area contributed by atoms with E-state index in [0.29, 0.717) is 6.42 Å². The zero-order valence-corrected chi connectivity index (χ0v) is 13.5. The van der Waals surface area contributed by atoms with Gasteiger partial charge in [-0.2, -0.15) is 13.2 Å². The van der Waals surface area contributed by atoms with E-state index in [1.807, 2.05) is 13.8 Å². The van der Waals surface area contributed by atoms with Crippen LogP contribution in [0, 0.1) is 10.1 Å². The molecule has 1 unspecified atom stereocenters. The van der Waals surface area contributed by atoms with Crippen molar-refractivity contribution in [1.82, 2.24) is 9.97 Å². The summed E-state index contributed by atoms with van der Waals surface area (Å²) in [4.78, 5) is 18.4. The number of hydrogen-bond acceptors (Lipinski definition) is 6. The first kappa shape index (κ1) is 18.4. The molecule has 0 radical (unpaired) electrons. The molecule has 0 fully saturated rings. The molecule has 1 aromatic heterocycles. The highest BCUT2D eigenvalue weighted by Gasteiger charge is 2.31. The van der Waals surface area contributed by atoms with Crippen LogP contribution in [0.5, 0.6) is 0 Å². The highest BCUT2D eigenvalue weighted by Crippen LogP contribution is 2.34. The maximum Gasteiger partial charge on any atom is 0.416 e. The second-order valence-corrected chi connectivity index (χ2v) is 5.33. The molecule has 2 N–H and O–H groups in total. The van der Waals surface area contributed by atoms with E-state index in [-0.39, 0.29) is 23.4 Å². The molecule has 1 aromatic carbocycles. The zero-order chi connectivity index (χ0) is 18.6. The van der Waals surface area contributed by atoms with E-state index in [9.17, 15) is 23.3 Å². The summed E-state index contributed by atoms with van der Waals surface area (Å²) in [6, 6.07) is 4.26. The second kappa shape index (κ2) is 7.32. The summed E-state index contributed by atoms with van der Waals surface area (Å²) in [5.41, 5.74) is -1.27. The molecule has 0 amide bonds. The Morgan fingerprint density at radius 3 is 2.56 bits per heavy atom. The lowest BCUT2D eigenvalue weighted by atomic mass is 10.2. The maximum atomic E-state index is 12.8. The van der Waals surface area contributed by atoms with Crippen molar-refractivity contribution in [3.8, 4) is 0 Å². The quantitative estimate of drug-likeness (QED) is 0.591. The van der Waals surface area contributed by atoms with Crippen molar-refractivity contribution in [3.63, 3.8) is 0 Å². The van der Waals surface area contributed by atoms with Gasteiger partial charge in [-0.05, 0) is 31.5 Å². The number of nitro groups is 1. The highest BCUT2D eigenvalue weighted by atomic mass is 19.4. The number of anilines is 3. The summed E-state index contributed by atoms with van der Waals surface area (Å²) in [6.45, 7) is 3.72. The summed E-state index contributed by atoms with van der Waals surface area (Å²) >= 11 is 0. The Bertz CT molecular complexity index is 767. The van der Waals surface area contributed by atoms with E-state index in [4.69, 9.17) is 0 Å². The number of hydrogen-bond donors (Lipinski definition) is 2. The number of halogens is 3. The number of aromatic nitrogens is 2. The van der Waals surface area contributed by atoms with Gasteiger partial charge < -0.3 is 10.6 Å². The van der Waals surface area contributed by atoms with Crippen LogP contribution in [0.15, 0.2) is 30.6 Å². The van der Waals surface area contributed by atoms with Gasteiger partial charge in [-0.3, -0.25) is 10.1 Å². The average molecular weight is 355 g/mol. The van der Waals surface area contributed by atoms with E-state index in [0.717, 1.165) is 18.5 Å². The normalized spacial score (nSPS) is 12.5. The fraction of sp³-hybridized carbons (Fsp3) is 0.333. The van der Waals surface area contributed by atoms with Crippen molar-refractivity contribution in [2.75, 3.05) is 10.6 Å². The molecule has 0 saturated carbocycles. The van der Waals surface area contributed by atoms with E-state index in [1.165, 1.54) is 12.1 Å². The third-order valence-corrected chi connectivity index (χ3v) is 3.45. The van der Waals surface area contributed by atoms with Crippen LogP contribution in [0.4, 0.5) is 36.2 Å². The number of alkyl halides is 3. The van der Waals surface area contributed by atoms with Crippen molar-refractivity contribution in [2.45, 2.75) is 32.5 Å². The summed E-state index contributed by atoms with van der Waals surface area (Å²) in [5, 5.41) is 16.9. The number of nitrogens with one attached hydrogen (secondary N) is 2. The van der Waals surface area contributed by atoms with Gasteiger partial charge in [-0.1, -0.05) is 13.0 Å². The minimum absolute atomic E-state index is 0.00354. The minimum Gasteiger partial charge on any atom is -0.362 e. The Morgan fingerprint density at radius 1 is 1.28 bits per heavy atom. The van der Waals surface area contributed by atoms with Gasteiger partial charge in [-0.25, -0.2) is 9.97 Å². The molecular weight excluding hydrogens is 339 g/mol. The molecule has 7 nitrogen and oxygen atoms in total. The summed E-state index contributed by atoms with van der Waals surface area (Å²) in [7, 11) is 0. The molecule has 2 aromatic rings. The first-order valence-electron chi connectivity index (χ1n) is 7.42. The number of benzene rings is 1. The Balaban J connectivity index is 2.40. The zero-order valence-electron chi connectivity index (χ0n) is 13.5. The first-order valence-corrected chi connectivity index (χ1v) is 7.42. The third kappa shape index (κ3) is 4.55. The van der Waals surface area contributed by atoms with Crippen LogP contribution in [0.3, 0.4) is 0 Å². The number of rotatable bonds is 6. The fourth-order valence-corrected chi connectivity index (χ4v) is 1.99. The van der Waals surface area contributed by atoms with Crippen molar-refractivity contribution in [1.29, 1.82) is 0 Å². The molecule has 0 aliphatic heterocycles. The van der Waals surface area contributed by atoms with Crippen molar-refractivity contribution in [2.24, 2.45) is 0 Å². The van der Waals surface area contributed by atoms with Gasteiger partial charge >= 0.3 is 11.9 Å². The molecule has 134 valence electrons. The lowest BCUT2D eigenvalue weighted by Crippen LogP contribution is -2.16. The smallest absolute Gasteiger partial charge is 0.362 e. The van der Waals surface area contributed by atoms with Crippen LogP contribution in [-0.2, 0) is 6.18 Å². The Kier molecular flexibility index (Phi) is 5.40. The van der Waals surface area contributed by atoms with E-state index in [1.54, 1.807) is 0 Å². The topological polar surface area (TPSA) is 93.0 Å². The van der Waals surface area contributed by atoms with Gasteiger partial charge in [0, 0.05) is 11.7 Å². The lowest BCUT2D eigenvalue weighted by molar-refractivity contribution is -0.383. The largest absolute Gasteiger partial charge is 0.416 e. The minimum atomic E-state index is -4.52. The van der Waals surface area contributed by atoms with Crippen LogP contribution in [0.1, 0.15) is 25.8 Å². The fourth-order valence-electron chi connectivity index (χ4n) is 1.99. The lowest BCUT2D eigenvalue weighted by Gasteiger charge is -2.14. The Hall–Kier alpha value is -2.91. The first-order chi connectivity index (χ1) is 11.7. The van der Waals surface area contributed by atoms with Crippen molar-refractivity contribution < 1.29 is 18.1 Å². The molecule has 0 aliphatic carbocycles. The molecule has 1 atom stereocenters. The molecule has 10 heteroatoms. The standard InChI is InChI=1S/C15H16F3N5O2/c1-3-9(2)21-13-12(23(24)25)14(20-8-19-13)22-11-6-4-5-10(7-11)15(16,17)18/h4-9H,3H2,1-2H3,(H2,19,20,21,22). The summed E-state index contributed by atoms with van der Waals surface area (Å²) in [5.74, 6) is -0.186. The molecule has 0 bridgehead atoms. The van der Waals surface area contributed by atoms with Gasteiger partial charge in [0.25, 0.3) is 0 Å². The predicted molar refractivity (Wildman–Crippen MR) is 86.8 cm³/mol. The molecule has 0 spiro atoms. The number of nitrogens with zero attached hydrogens (tertiary/aromatic N) is 3. The molecule has 0 saturated heterocycles. The second-order valence-electron chi connectivity index (χ2n) is 5.33. The van der Waals surface area contributed by atoms with Gasteiger partial charge in [-0.15, -0.1) is 0 Å². The van der Waals surface area contributed by atoms with E-state index >= 15 is 0 Å². The Morgan fingerprint density at radius 2 is 1.96 bits per heavy atom. The van der Waals surface area contributed by atoms with Gasteiger partial charge in [0.1, 0.15) is 6.33 Å². The Labute approximate surface area is 141 Å². The van der Waals surface area contributed by atoms with Gasteiger partial charge in [0.2, 0.25) is 11.6 Å². The third-order valence-electron chi connectivity index (χ3n) is 3.45. The van der Waals surface area contributed by atoms with E-state index in [2.05, 4.69) is 20.6 Å². The maximum absolute atomic E-state index is 12.8. The van der Waals surface area contributed by atoms with Gasteiger partial charge in [0.05, 0.1) is 10.5 Å². The average Bonchev–Trinajstić information content (AvgIpc) is 2.54. The van der Waals surface area contributed by atoms with Crippen LogP contribution >= 0.6 is 0 Å². The summed E-state index contributed by atoms with van der Waals surface area (Å²) in [6.07, 6.45) is -2.70. The molecule has 2 rings (SSSR count). The van der Waals surface area contributed by atoms with Crippen LogP contribution in [0.25, 0.3) is 0 Å². The van der Waals surface area contributed by atoms with Crippen LogP contribution in [0.2, 0.25) is 0 Å². The van der Waals surface area contributed by atoms with Gasteiger partial charge in [0.15, 0.2) is 0 Å². The highest BCUT2D eigenvalue weighted by molar-refractivity contribution is 5.74. The van der Waals surface area contributed by atoms with Crippen LogP contribution < -0.4 is 10.6 Å².